The van der Waals surface area contributed by atoms with E-state index in [-0.39, 0.29) is 11.7 Å². The Bertz CT molecular complexity index is 265. The second-order valence-corrected chi connectivity index (χ2v) is 3.87. The predicted octanol–water partition coefficient (Wildman–Crippen LogP) is 1.49. The molecule has 0 radical (unpaired) electrons. The molecule has 0 saturated heterocycles. The summed E-state index contributed by atoms with van der Waals surface area (Å²) in [5, 5.41) is 0. The van der Waals surface area contributed by atoms with Gasteiger partial charge >= 0.3 is 0 Å². The van der Waals surface area contributed by atoms with Gasteiger partial charge in [0.2, 0.25) is 11.5 Å². The minimum Gasteiger partial charge on any atom is -0.490 e. The molecule has 0 amide bonds. The zero-order valence-corrected chi connectivity index (χ0v) is 8.00. The van der Waals surface area contributed by atoms with Crippen molar-refractivity contribution in [3.8, 4) is 0 Å². The summed E-state index contributed by atoms with van der Waals surface area (Å²) in [7, 11) is 0. The number of allylic oxidation sites excluding steroid dienone is 2. The van der Waals surface area contributed by atoms with Crippen LogP contribution in [0.4, 0.5) is 0 Å². The second kappa shape index (κ2) is 3.05. The molecular weight excluding hydrogens is 168 g/mol. The summed E-state index contributed by atoms with van der Waals surface area (Å²) in [6.45, 7) is 5.20. The molecule has 3 nitrogen and oxygen atoms in total. The van der Waals surface area contributed by atoms with Gasteiger partial charge in [0.15, 0.2) is 0 Å². The highest BCUT2D eigenvalue weighted by Gasteiger charge is 2.38. The van der Waals surface area contributed by atoms with Gasteiger partial charge in [0, 0.05) is 12.3 Å². The Morgan fingerprint density at radius 1 is 1.31 bits per heavy atom. The van der Waals surface area contributed by atoms with E-state index in [1.807, 2.05) is 0 Å². The third-order valence-electron chi connectivity index (χ3n) is 2.63. The number of rotatable bonds is 1. The molecule has 1 aliphatic carbocycles. The number of ether oxygens (including phenoxy) is 2. The molecule has 0 fully saturated rings. The minimum absolute atomic E-state index is 0.0723. The maximum absolute atomic E-state index is 11.7. The number of ketones is 1. The van der Waals surface area contributed by atoms with Crippen molar-refractivity contribution in [2.24, 2.45) is 11.8 Å². The first-order chi connectivity index (χ1) is 6.20. The van der Waals surface area contributed by atoms with Crippen molar-refractivity contribution in [2.75, 3.05) is 13.2 Å². The first kappa shape index (κ1) is 8.60. The van der Waals surface area contributed by atoms with Crippen LogP contribution in [-0.4, -0.2) is 19.0 Å². The van der Waals surface area contributed by atoms with E-state index in [0.29, 0.717) is 24.9 Å². The van der Waals surface area contributed by atoms with Gasteiger partial charge in [-0.3, -0.25) is 4.79 Å². The van der Waals surface area contributed by atoms with Crippen molar-refractivity contribution in [1.82, 2.24) is 0 Å². The maximum atomic E-state index is 11.7. The highest BCUT2D eigenvalue weighted by molar-refractivity contribution is 5.98. The highest BCUT2D eigenvalue weighted by atomic mass is 16.6. The number of carbonyl (C=O) groups is 1. The Kier molecular flexibility index (Phi) is 2.02. The number of hydrogen-bond donors (Lipinski definition) is 0. The lowest BCUT2D eigenvalue weighted by atomic mass is 9.92. The van der Waals surface area contributed by atoms with Gasteiger partial charge in [0.05, 0.1) is 0 Å². The molecule has 0 aromatic carbocycles. The fourth-order valence-corrected chi connectivity index (χ4v) is 1.81. The molecule has 0 aromatic heterocycles. The number of hydrogen-bond acceptors (Lipinski definition) is 3. The quantitative estimate of drug-likeness (QED) is 0.616. The molecule has 72 valence electrons. The van der Waals surface area contributed by atoms with Crippen molar-refractivity contribution < 1.29 is 14.3 Å². The molecule has 1 heterocycles. The van der Waals surface area contributed by atoms with Gasteiger partial charge in [-0.25, -0.2) is 0 Å². The van der Waals surface area contributed by atoms with Crippen LogP contribution in [0.1, 0.15) is 20.3 Å². The van der Waals surface area contributed by atoms with Crippen molar-refractivity contribution in [1.29, 1.82) is 0 Å². The zero-order chi connectivity index (χ0) is 9.42. The van der Waals surface area contributed by atoms with Crippen LogP contribution in [0.3, 0.4) is 0 Å². The molecule has 3 heteroatoms. The van der Waals surface area contributed by atoms with Crippen LogP contribution in [0.2, 0.25) is 0 Å². The molecule has 0 N–H and O–H groups in total. The third kappa shape index (κ3) is 1.32. The van der Waals surface area contributed by atoms with Gasteiger partial charge in [-0.05, 0) is 5.92 Å². The lowest BCUT2D eigenvalue weighted by Gasteiger charge is -2.15. The largest absolute Gasteiger partial charge is 0.490 e. The zero-order valence-electron chi connectivity index (χ0n) is 8.00. The van der Waals surface area contributed by atoms with E-state index in [4.69, 9.17) is 9.47 Å². The van der Waals surface area contributed by atoms with E-state index in [9.17, 15) is 4.79 Å². The lowest BCUT2D eigenvalue weighted by Crippen LogP contribution is -2.18. The van der Waals surface area contributed by atoms with Crippen LogP contribution in [0.15, 0.2) is 11.5 Å². The highest BCUT2D eigenvalue weighted by Crippen LogP contribution is 2.35. The number of carbonyl (C=O) groups excluding carboxylic acids is 1. The van der Waals surface area contributed by atoms with E-state index in [2.05, 4.69) is 13.8 Å². The summed E-state index contributed by atoms with van der Waals surface area (Å²) < 4.78 is 10.7. The predicted molar refractivity (Wildman–Crippen MR) is 46.9 cm³/mol. The summed E-state index contributed by atoms with van der Waals surface area (Å²) in [6.07, 6.45) is 0.728. The Labute approximate surface area is 77.7 Å². The molecule has 1 aliphatic heterocycles. The lowest BCUT2D eigenvalue weighted by molar-refractivity contribution is -0.123. The van der Waals surface area contributed by atoms with Crippen LogP contribution in [0, 0.1) is 11.8 Å². The minimum atomic E-state index is 0.0723. The van der Waals surface area contributed by atoms with Gasteiger partial charge in [0.1, 0.15) is 19.0 Å². The second-order valence-electron chi connectivity index (χ2n) is 3.87. The fraction of sp³-hybridized carbons (Fsp3) is 0.700. The summed E-state index contributed by atoms with van der Waals surface area (Å²) in [6, 6.07) is 0. The van der Waals surface area contributed by atoms with E-state index < -0.39 is 0 Å². The molecule has 0 bridgehead atoms. The SMILES string of the molecule is CC(C)[C@@H]1CC2=C(OCCO2)C1=O. The average Bonchev–Trinajstić information content (AvgIpc) is 2.45. The summed E-state index contributed by atoms with van der Waals surface area (Å²) in [5.74, 6) is 1.83. The van der Waals surface area contributed by atoms with Crippen LogP contribution < -0.4 is 0 Å². The Balaban J connectivity index is 2.19. The van der Waals surface area contributed by atoms with Crippen LogP contribution in [0.25, 0.3) is 0 Å². The van der Waals surface area contributed by atoms with Crippen molar-refractivity contribution in [3.05, 3.63) is 11.5 Å². The van der Waals surface area contributed by atoms with Gasteiger partial charge in [-0.1, -0.05) is 13.8 Å². The normalized spacial score (nSPS) is 27.3. The molecule has 0 saturated carbocycles. The van der Waals surface area contributed by atoms with Crippen molar-refractivity contribution in [3.63, 3.8) is 0 Å². The molecule has 0 aromatic rings. The summed E-state index contributed by atoms with van der Waals surface area (Å²) in [5.41, 5.74) is 0. The monoisotopic (exact) mass is 182 g/mol. The van der Waals surface area contributed by atoms with Crippen molar-refractivity contribution in [2.45, 2.75) is 20.3 Å². The third-order valence-corrected chi connectivity index (χ3v) is 2.63. The molecule has 2 rings (SSSR count). The Morgan fingerprint density at radius 2 is 2.00 bits per heavy atom. The average molecular weight is 182 g/mol. The van der Waals surface area contributed by atoms with Gasteiger partial charge in [-0.2, -0.15) is 0 Å². The Hall–Kier alpha value is -0.990. The molecular formula is C10H14O3. The van der Waals surface area contributed by atoms with Crippen LogP contribution >= 0.6 is 0 Å². The van der Waals surface area contributed by atoms with E-state index in [0.717, 1.165) is 12.2 Å². The molecule has 13 heavy (non-hydrogen) atoms. The Morgan fingerprint density at radius 3 is 2.62 bits per heavy atom. The number of Topliss-reactive ketones (excluding diaryl/α,β-unsaturated/α-hetero) is 1. The summed E-state index contributed by atoms with van der Waals surface area (Å²) in [4.78, 5) is 11.7. The van der Waals surface area contributed by atoms with Crippen LogP contribution in [-0.2, 0) is 14.3 Å². The molecule has 1 atom stereocenters. The van der Waals surface area contributed by atoms with Gasteiger partial charge in [-0.15, -0.1) is 0 Å². The molecule has 2 aliphatic rings. The standard InChI is InChI=1S/C10H14O3/c1-6(2)7-5-8-10(9(7)11)13-4-3-12-8/h6-7H,3-5H2,1-2H3/t7-/m0/s1. The van der Waals surface area contributed by atoms with E-state index in [1.165, 1.54) is 0 Å². The smallest absolute Gasteiger partial charge is 0.204 e. The summed E-state index contributed by atoms with van der Waals surface area (Å²) >= 11 is 0. The topological polar surface area (TPSA) is 35.5 Å². The fourth-order valence-electron chi connectivity index (χ4n) is 1.81. The van der Waals surface area contributed by atoms with E-state index in [1.54, 1.807) is 0 Å². The van der Waals surface area contributed by atoms with Gasteiger partial charge in [0.25, 0.3) is 0 Å². The van der Waals surface area contributed by atoms with Crippen molar-refractivity contribution >= 4 is 5.78 Å². The maximum Gasteiger partial charge on any atom is 0.204 e. The first-order valence-corrected chi connectivity index (χ1v) is 4.73. The molecule has 0 unspecified atom stereocenters. The van der Waals surface area contributed by atoms with Gasteiger partial charge < -0.3 is 9.47 Å². The molecule has 0 spiro atoms. The first-order valence-electron chi connectivity index (χ1n) is 4.73. The van der Waals surface area contributed by atoms with E-state index >= 15 is 0 Å². The van der Waals surface area contributed by atoms with Crippen LogP contribution in [0.5, 0.6) is 0 Å².